The summed E-state index contributed by atoms with van der Waals surface area (Å²) in [4.78, 5) is 13.8. The molecule has 2 aromatic heterocycles. The first-order chi connectivity index (χ1) is 15.3. The fourth-order valence-corrected chi connectivity index (χ4v) is 6.23. The zero-order chi connectivity index (χ0) is 22.8. The SMILES string of the molecule is Cc1cc(C)c[n+](-c2c(SCc3ccc(Br)cc3)sc(C(=O)c3ccc(Cl)cc3)c2N)c1. The highest BCUT2D eigenvalue weighted by Gasteiger charge is 2.29. The van der Waals surface area contributed by atoms with Gasteiger partial charge in [0.1, 0.15) is 14.8 Å². The maximum atomic E-state index is 13.3. The topological polar surface area (TPSA) is 47.0 Å². The minimum absolute atomic E-state index is 0.0918. The molecular formula is C25H21BrClN2OS2+. The number of hydrogen-bond acceptors (Lipinski definition) is 4. The van der Waals surface area contributed by atoms with Gasteiger partial charge in [-0.3, -0.25) is 4.79 Å². The number of thiophene rings is 1. The zero-order valence-electron chi connectivity index (χ0n) is 17.6. The first-order valence-corrected chi connectivity index (χ1v) is 12.9. The normalized spacial score (nSPS) is 11.0. The molecule has 0 fully saturated rings. The summed E-state index contributed by atoms with van der Waals surface area (Å²) in [7, 11) is 0. The number of nitrogens with zero attached hydrogens (tertiary/aromatic N) is 1. The van der Waals surface area contributed by atoms with Gasteiger partial charge in [0.15, 0.2) is 12.4 Å². The highest BCUT2D eigenvalue weighted by atomic mass is 79.9. The molecule has 0 spiro atoms. The molecule has 0 atom stereocenters. The second-order valence-corrected chi connectivity index (χ2v) is 11.1. The molecule has 32 heavy (non-hydrogen) atoms. The molecule has 0 radical (unpaired) electrons. The van der Waals surface area contributed by atoms with E-state index in [2.05, 4.69) is 48.0 Å². The van der Waals surface area contributed by atoms with Gasteiger partial charge in [0.2, 0.25) is 5.78 Å². The number of nitrogen functional groups attached to an aromatic ring is 1. The number of anilines is 1. The molecule has 0 saturated carbocycles. The molecule has 2 heterocycles. The first kappa shape index (κ1) is 23.1. The Morgan fingerprint density at radius 3 is 2.31 bits per heavy atom. The van der Waals surface area contributed by atoms with Crippen molar-refractivity contribution in [3.8, 4) is 5.69 Å². The van der Waals surface area contributed by atoms with Crippen LogP contribution in [0.3, 0.4) is 0 Å². The smallest absolute Gasteiger partial charge is 0.259 e. The Balaban J connectivity index is 1.77. The van der Waals surface area contributed by atoms with Crippen molar-refractivity contribution in [2.24, 2.45) is 0 Å². The molecular weight excluding hydrogens is 524 g/mol. The minimum atomic E-state index is -0.0918. The van der Waals surface area contributed by atoms with E-state index in [0.29, 0.717) is 21.2 Å². The number of halogens is 2. The van der Waals surface area contributed by atoms with Crippen molar-refractivity contribution < 1.29 is 9.36 Å². The molecule has 3 nitrogen and oxygen atoms in total. The Kier molecular flexibility index (Phi) is 7.05. The largest absolute Gasteiger partial charge is 0.392 e. The molecule has 0 aliphatic carbocycles. The average molecular weight is 545 g/mol. The number of carbonyl (C=O) groups is 1. The van der Waals surface area contributed by atoms with Crippen LogP contribution in [0.5, 0.6) is 0 Å². The van der Waals surface area contributed by atoms with Crippen LogP contribution >= 0.6 is 50.6 Å². The van der Waals surface area contributed by atoms with Gasteiger partial charge in [-0.05, 0) is 61.9 Å². The number of pyridine rings is 1. The lowest BCUT2D eigenvalue weighted by atomic mass is 10.1. The van der Waals surface area contributed by atoms with Crippen LogP contribution in [0.1, 0.15) is 31.9 Å². The van der Waals surface area contributed by atoms with Crippen molar-refractivity contribution in [2.75, 3.05) is 5.73 Å². The van der Waals surface area contributed by atoms with Gasteiger partial charge in [-0.25, -0.2) is 0 Å². The highest BCUT2D eigenvalue weighted by Crippen LogP contribution is 2.41. The van der Waals surface area contributed by atoms with E-state index < -0.39 is 0 Å². The molecule has 0 amide bonds. The van der Waals surface area contributed by atoms with Gasteiger partial charge in [-0.1, -0.05) is 39.7 Å². The second kappa shape index (κ2) is 9.79. The van der Waals surface area contributed by atoms with Crippen molar-refractivity contribution in [1.29, 1.82) is 0 Å². The highest BCUT2D eigenvalue weighted by molar-refractivity contribution is 9.10. The van der Waals surface area contributed by atoms with E-state index >= 15 is 0 Å². The Bertz CT molecular complexity index is 1260. The van der Waals surface area contributed by atoms with Crippen LogP contribution in [0.25, 0.3) is 5.69 Å². The van der Waals surface area contributed by atoms with E-state index in [-0.39, 0.29) is 5.78 Å². The van der Waals surface area contributed by atoms with Gasteiger partial charge in [-0.15, -0.1) is 23.1 Å². The Morgan fingerprint density at radius 2 is 1.69 bits per heavy atom. The van der Waals surface area contributed by atoms with Gasteiger partial charge < -0.3 is 5.73 Å². The van der Waals surface area contributed by atoms with Crippen molar-refractivity contribution in [3.63, 3.8) is 0 Å². The maximum absolute atomic E-state index is 13.3. The molecule has 0 aliphatic rings. The standard InChI is InChI=1S/C25H20BrClN2OS2/c1-15-11-16(2)13-29(12-15)22-21(28)24(23(30)18-5-9-20(27)10-6-18)32-25(22)31-14-17-3-7-19(26)8-4-17/h3-13H,14H2,1-2H3,(H-,28,30)/p+1. The third-order valence-electron chi connectivity index (χ3n) is 4.88. The molecule has 0 aliphatic heterocycles. The predicted octanol–water partition coefficient (Wildman–Crippen LogP) is 7.16. The molecule has 2 aromatic carbocycles. The minimum Gasteiger partial charge on any atom is -0.392 e. The first-order valence-electron chi connectivity index (χ1n) is 9.91. The van der Waals surface area contributed by atoms with E-state index in [1.165, 1.54) is 16.9 Å². The van der Waals surface area contributed by atoms with Gasteiger partial charge in [0.25, 0.3) is 5.69 Å². The van der Waals surface area contributed by atoms with E-state index in [1.54, 1.807) is 36.0 Å². The van der Waals surface area contributed by atoms with Crippen LogP contribution in [0.4, 0.5) is 5.69 Å². The Morgan fingerprint density at radius 1 is 1.06 bits per heavy atom. The van der Waals surface area contributed by atoms with Crippen molar-refractivity contribution in [1.82, 2.24) is 0 Å². The van der Waals surface area contributed by atoms with Crippen LogP contribution in [0.2, 0.25) is 5.02 Å². The fourth-order valence-electron chi connectivity index (χ4n) is 3.43. The van der Waals surface area contributed by atoms with Crippen LogP contribution in [0.15, 0.2) is 75.7 Å². The second-order valence-electron chi connectivity index (χ2n) is 7.53. The lowest BCUT2D eigenvalue weighted by Crippen LogP contribution is -2.32. The summed E-state index contributed by atoms with van der Waals surface area (Å²) in [6.45, 7) is 4.11. The Labute approximate surface area is 209 Å². The van der Waals surface area contributed by atoms with Crippen molar-refractivity contribution >= 4 is 62.1 Å². The molecule has 162 valence electrons. The maximum Gasteiger partial charge on any atom is 0.259 e. The van der Waals surface area contributed by atoms with Crippen molar-refractivity contribution in [2.45, 2.75) is 23.8 Å². The van der Waals surface area contributed by atoms with E-state index in [4.69, 9.17) is 17.3 Å². The van der Waals surface area contributed by atoms with E-state index in [1.807, 2.05) is 29.1 Å². The summed E-state index contributed by atoms with van der Waals surface area (Å²) >= 11 is 12.6. The number of aromatic nitrogens is 1. The molecule has 0 saturated heterocycles. The van der Waals surface area contributed by atoms with Gasteiger partial charge >= 0.3 is 0 Å². The lowest BCUT2D eigenvalue weighted by molar-refractivity contribution is -0.597. The lowest BCUT2D eigenvalue weighted by Gasteiger charge is -2.03. The van der Waals surface area contributed by atoms with E-state index in [0.717, 1.165) is 31.2 Å². The number of rotatable bonds is 6. The summed E-state index contributed by atoms with van der Waals surface area (Å²) in [5.74, 6) is 0.686. The molecule has 0 unspecified atom stereocenters. The van der Waals surface area contributed by atoms with Gasteiger partial charge in [0.05, 0.1) is 0 Å². The van der Waals surface area contributed by atoms with Crippen LogP contribution < -0.4 is 10.3 Å². The van der Waals surface area contributed by atoms with Gasteiger partial charge in [0, 0.05) is 31.9 Å². The number of aryl methyl sites for hydroxylation is 2. The third-order valence-corrected chi connectivity index (χ3v) is 8.19. The average Bonchev–Trinajstić information content (AvgIpc) is 3.09. The number of hydrogen-bond donors (Lipinski definition) is 1. The third kappa shape index (κ3) is 5.09. The summed E-state index contributed by atoms with van der Waals surface area (Å²) in [6, 6.07) is 17.3. The predicted molar refractivity (Wildman–Crippen MR) is 138 cm³/mol. The van der Waals surface area contributed by atoms with Crippen molar-refractivity contribution in [3.05, 3.63) is 104 Å². The fraction of sp³-hybridized carbons (Fsp3) is 0.120. The summed E-state index contributed by atoms with van der Waals surface area (Å²) in [5.41, 5.74) is 12.0. The van der Waals surface area contributed by atoms with Crippen LogP contribution in [-0.2, 0) is 5.75 Å². The zero-order valence-corrected chi connectivity index (χ0v) is 21.5. The van der Waals surface area contributed by atoms with Crippen LogP contribution in [0, 0.1) is 13.8 Å². The Hall–Kier alpha value is -2.12. The molecule has 2 N–H and O–H groups in total. The number of nitrogens with two attached hydrogens (primary N) is 1. The number of carbonyl (C=O) groups excluding carboxylic acids is 1. The number of thioether (sulfide) groups is 1. The van der Waals surface area contributed by atoms with Gasteiger partial charge in [-0.2, -0.15) is 4.57 Å². The molecule has 4 aromatic rings. The number of ketones is 1. The quantitative estimate of drug-likeness (QED) is 0.159. The molecule has 7 heteroatoms. The van der Waals surface area contributed by atoms with E-state index in [9.17, 15) is 4.79 Å². The monoisotopic (exact) mass is 543 g/mol. The summed E-state index contributed by atoms with van der Waals surface area (Å²) < 4.78 is 4.10. The number of benzene rings is 2. The summed E-state index contributed by atoms with van der Waals surface area (Å²) in [5, 5.41) is 0.595. The molecule has 4 rings (SSSR count). The summed E-state index contributed by atoms with van der Waals surface area (Å²) in [6.07, 6.45) is 4.09. The molecule has 0 bridgehead atoms. The van der Waals surface area contributed by atoms with Crippen LogP contribution in [-0.4, -0.2) is 5.78 Å².